The van der Waals surface area contributed by atoms with E-state index in [9.17, 15) is 9.59 Å². The highest BCUT2D eigenvalue weighted by atomic mass is 16.5. The first-order valence-electron chi connectivity index (χ1n) is 8.26. The lowest BCUT2D eigenvalue weighted by Gasteiger charge is -2.26. The summed E-state index contributed by atoms with van der Waals surface area (Å²) in [6.45, 7) is 5.23. The maximum Gasteiger partial charge on any atom is 0.335 e. The Morgan fingerprint density at radius 3 is 2.71 bits per heavy atom. The van der Waals surface area contributed by atoms with Crippen LogP contribution in [0.3, 0.4) is 0 Å². The SMILES string of the molecule is COc1cc(C(=O)O)ccc1OCC1CCCN1C(=O)CC(C)C. The van der Waals surface area contributed by atoms with Gasteiger partial charge in [0, 0.05) is 13.0 Å². The second-order valence-corrected chi connectivity index (χ2v) is 6.46. The molecule has 0 aliphatic carbocycles. The van der Waals surface area contributed by atoms with E-state index in [0.717, 1.165) is 19.4 Å². The zero-order valence-corrected chi connectivity index (χ0v) is 14.4. The Morgan fingerprint density at radius 1 is 1.33 bits per heavy atom. The van der Waals surface area contributed by atoms with Crippen LogP contribution in [-0.2, 0) is 4.79 Å². The van der Waals surface area contributed by atoms with Crippen LogP contribution >= 0.6 is 0 Å². The lowest BCUT2D eigenvalue weighted by Crippen LogP contribution is -2.39. The topological polar surface area (TPSA) is 76.1 Å². The van der Waals surface area contributed by atoms with Crippen molar-refractivity contribution in [1.82, 2.24) is 4.90 Å². The third-order valence-corrected chi connectivity index (χ3v) is 4.12. The number of likely N-dealkylation sites (tertiary alicyclic amines) is 1. The maximum atomic E-state index is 12.3. The number of carbonyl (C=O) groups is 2. The molecule has 132 valence electrons. The predicted molar refractivity (Wildman–Crippen MR) is 89.6 cm³/mol. The van der Waals surface area contributed by atoms with Gasteiger partial charge in [-0.15, -0.1) is 0 Å². The van der Waals surface area contributed by atoms with Crippen molar-refractivity contribution in [3.63, 3.8) is 0 Å². The predicted octanol–water partition coefficient (Wildman–Crippen LogP) is 2.81. The van der Waals surface area contributed by atoms with Gasteiger partial charge in [-0.2, -0.15) is 0 Å². The molecule has 1 amide bonds. The summed E-state index contributed by atoms with van der Waals surface area (Å²) in [5.74, 6) is 0.368. The van der Waals surface area contributed by atoms with Crippen LogP contribution in [0.25, 0.3) is 0 Å². The van der Waals surface area contributed by atoms with Crippen molar-refractivity contribution >= 4 is 11.9 Å². The van der Waals surface area contributed by atoms with E-state index in [4.69, 9.17) is 14.6 Å². The highest BCUT2D eigenvalue weighted by molar-refractivity contribution is 5.88. The standard InChI is InChI=1S/C18H25NO5/c1-12(2)9-17(20)19-8-4-5-14(19)11-24-15-7-6-13(18(21)22)10-16(15)23-3/h6-7,10,12,14H,4-5,8-9,11H2,1-3H3,(H,21,22). The van der Waals surface area contributed by atoms with E-state index in [0.29, 0.717) is 30.4 Å². The van der Waals surface area contributed by atoms with Gasteiger partial charge in [0.2, 0.25) is 5.91 Å². The summed E-state index contributed by atoms with van der Waals surface area (Å²) < 4.78 is 11.0. The minimum absolute atomic E-state index is 0.0557. The lowest BCUT2D eigenvalue weighted by atomic mass is 10.1. The van der Waals surface area contributed by atoms with Gasteiger partial charge in [0.15, 0.2) is 11.5 Å². The largest absolute Gasteiger partial charge is 0.493 e. The van der Waals surface area contributed by atoms with E-state index in [2.05, 4.69) is 0 Å². The average Bonchev–Trinajstić information content (AvgIpc) is 3.00. The molecule has 2 rings (SSSR count). The van der Waals surface area contributed by atoms with Crippen molar-refractivity contribution in [2.75, 3.05) is 20.3 Å². The van der Waals surface area contributed by atoms with E-state index in [1.165, 1.54) is 19.2 Å². The first kappa shape index (κ1) is 18.1. The minimum atomic E-state index is -1.01. The molecule has 1 aromatic carbocycles. The fourth-order valence-electron chi connectivity index (χ4n) is 2.91. The van der Waals surface area contributed by atoms with Gasteiger partial charge >= 0.3 is 5.97 Å². The number of carboxylic acids is 1. The maximum absolute atomic E-state index is 12.3. The van der Waals surface area contributed by atoms with Crippen molar-refractivity contribution < 1.29 is 24.2 Å². The number of hydrogen-bond acceptors (Lipinski definition) is 4. The summed E-state index contributed by atoms with van der Waals surface area (Å²) in [5, 5.41) is 9.03. The minimum Gasteiger partial charge on any atom is -0.493 e. The van der Waals surface area contributed by atoms with Crippen LogP contribution in [0.4, 0.5) is 0 Å². The number of methoxy groups -OCH3 is 1. The molecule has 1 aliphatic rings. The van der Waals surface area contributed by atoms with Gasteiger partial charge in [0.25, 0.3) is 0 Å². The molecule has 0 spiro atoms. The van der Waals surface area contributed by atoms with Crippen LogP contribution < -0.4 is 9.47 Å². The molecule has 0 saturated carbocycles. The van der Waals surface area contributed by atoms with Crippen LogP contribution in [0.1, 0.15) is 43.5 Å². The summed E-state index contributed by atoms with van der Waals surface area (Å²) in [6.07, 6.45) is 2.44. The Morgan fingerprint density at radius 2 is 2.08 bits per heavy atom. The van der Waals surface area contributed by atoms with Crippen LogP contribution in [0.5, 0.6) is 11.5 Å². The third kappa shape index (κ3) is 4.40. The van der Waals surface area contributed by atoms with E-state index in [1.807, 2.05) is 18.7 Å². The second-order valence-electron chi connectivity index (χ2n) is 6.46. The molecular weight excluding hydrogens is 310 g/mol. The zero-order chi connectivity index (χ0) is 17.7. The fraction of sp³-hybridized carbons (Fsp3) is 0.556. The van der Waals surface area contributed by atoms with E-state index in [-0.39, 0.29) is 17.5 Å². The Balaban J connectivity index is 2.02. The monoisotopic (exact) mass is 335 g/mol. The molecule has 0 radical (unpaired) electrons. The molecule has 1 saturated heterocycles. The summed E-state index contributed by atoms with van der Waals surface area (Å²) in [4.78, 5) is 25.2. The average molecular weight is 335 g/mol. The van der Waals surface area contributed by atoms with Crippen molar-refractivity contribution in [2.45, 2.75) is 39.2 Å². The Labute approximate surface area is 142 Å². The van der Waals surface area contributed by atoms with Gasteiger partial charge < -0.3 is 19.5 Å². The first-order valence-corrected chi connectivity index (χ1v) is 8.26. The van der Waals surface area contributed by atoms with Gasteiger partial charge in [0.1, 0.15) is 6.61 Å². The fourth-order valence-corrected chi connectivity index (χ4v) is 2.91. The molecule has 24 heavy (non-hydrogen) atoms. The molecule has 6 nitrogen and oxygen atoms in total. The number of carbonyl (C=O) groups excluding carboxylic acids is 1. The Kier molecular flexibility index (Phi) is 6.06. The number of benzene rings is 1. The van der Waals surface area contributed by atoms with Gasteiger partial charge in [0.05, 0.1) is 18.7 Å². The first-order chi connectivity index (χ1) is 11.4. The molecule has 1 atom stereocenters. The molecule has 1 aliphatic heterocycles. The summed E-state index contributed by atoms with van der Waals surface area (Å²) >= 11 is 0. The van der Waals surface area contributed by atoms with Crippen LogP contribution in [0, 0.1) is 5.92 Å². The van der Waals surface area contributed by atoms with E-state index >= 15 is 0 Å². The normalized spacial score (nSPS) is 17.2. The number of amides is 1. The van der Waals surface area contributed by atoms with Crippen molar-refractivity contribution in [2.24, 2.45) is 5.92 Å². The Hall–Kier alpha value is -2.24. The van der Waals surface area contributed by atoms with Crippen molar-refractivity contribution in [1.29, 1.82) is 0 Å². The van der Waals surface area contributed by atoms with Gasteiger partial charge in [-0.25, -0.2) is 4.79 Å². The number of aromatic carboxylic acids is 1. The molecule has 1 unspecified atom stereocenters. The highest BCUT2D eigenvalue weighted by Gasteiger charge is 2.29. The summed E-state index contributed by atoms with van der Waals surface area (Å²) in [5.41, 5.74) is 0.147. The van der Waals surface area contributed by atoms with Crippen LogP contribution in [-0.4, -0.2) is 48.2 Å². The number of nitrogens with zero attached hydrogens (tertiary/aromatic N) is 1. The second kappa shape index (κ2) is 8.04. The number of carboxylic acid groups (broad SMARTS) is 1. The Bertz CT molecular complexity index is 599. The third-order valence-electron chi connectivity index (χ3n) is 4.12. The molecule has 6 heteroatoms. The van der Waals surface area contributed by atoms with E-state index < -0.39 is 5.97 Å². The number of ether oxygens (including phenoxy) is 2. The lowest BCUT2D eigenvalue weighted by molar-refractivity contribution is -0.133. The van der Waals surface area contributed by atoms with Crippen molar-refractivity contribution in [3.05, 3.63) is 23.8 Å². The molecule has 1 N–H and O–H groups in total. The van der Waals surface area contributed by atoms with Crippen molar-refractivity contribution in [3.8, 4) is 11.5 Å². The molecular formula is C18H25NO5. The zero-order valence-electron chi connectivity index (χ0n) is 14.4. The van der Waals surface area contributed by atoms with Gasteiger partial charge in [-0.1, -0.05) is 13.8 Å². The summed E-state index contributed by atoms with van der Waals surface area (Å²) in [7, 11) is 1.47. The molecule has 1 aromatic rings. The highest BCUT2D eigenvalue weighted by Crippen LogP contribution is 2.29. The van der Waals surface area contributed by atoms with Gasteiger partial charge in [-0.05, 0) is 37.0 Å². The number of rotatable bonds is 7. The molecule has 1 heterocycles. The smallest absolute Gasteiger partial charge is 0.335 e. The quantitative estimate of drug-likeness (QED) is 0.829. The molecule has 0 bridgehead atoms. The summed E-state index contributed by atoms with van der Waals surface area (Å²) in [6, 6.07) is 4.57. The van der Waals surface area contributed by atoms with Crippen LogP contribution in [0.15, 0.2) is 18.2 Å². The molecule has 1 fully saturated rings. The number of hydrogen-bond donors (Lipinski definition) is 1. The van der Waals surface area contributed by atoms with Gasteiger partial charge in [-0.3, -0.25) is 4.79 Å². The molecule has 0 aromatic heterocycles. The van der Waals surface area contributed by atoms with Crippen LogP contribution in [0.2, 0.25) is 0 Å². The van der Waals surface area contributed by atoms with E-state index in [1.54, 1.807) is 6.07 Å².